The van der Waals surface area contributed by atoms with Gasteiger partial charge in [-0.05, 0) is 51.4 Å². The Kier molecular flexibility index (Phi) is 44.3. The molecular weight excluding hydrogens is 653 g/mol. The Balaban J connectivity index is -0.000000796. The third-order valence-electron chi connectivity index (χ3n) is 10.5. The number of hydrogen-bond donors (Lipinski definition) is 0. The van der Waals surface area contributed by atoms with E-state index < -0.39 is 10.4 Å². The second-order valence-electron chi connectivity index (χ2n) is 17.1. The van der Waals surface area contributed by atoms with Crippen LogP contribution in [0.4, 0.5) is 0 Å². The lowest BCUT2D eigenvalue weighted by atomic mass is 10.1. The molecule has 0 rings (SSSR count). The molecule has 51 heavy (non-hydrogen) atoms. The Bertz CT molecular complexity index is 658. The minimum absolute atomic E-state index is 1.24. The summed E-state index contributed by atoms with van der Waals surface area (Å²) < 4.78 is 36.6. The predicted molar refractivity (Wildman–Crippen MR) is 225 cm³/mol. The van der Waals surface area contributed by atoms with E-state index in [0.717, 1.165) is 0 Å². The van der Waals surface area contributed by atoms with Crippen molar-refractivity contribution in [2.45, 2.75) is 233 Å². The van der Waals surface area contributed by atoms with Gasteiger partial charge in [-0.1, -0.05) is 182 Å². The summed E-state index contributed by atoms with van der Waals surface area (Å²) in [4.78, 5) is 0. The Morgan fingerprint density at radius 1 is 0.294 bits per heavy atom. The van der Waals surface area contributed by atoms with Crippen molar-refractivity contribution in [2.75, 3.05) is 54.4 Å². The molecule has 0 radical (unpaired) electrons. The van der Waals surface area contributed by atoms with Crippen molar-refractivity contribution in [2.24, 2.45) is 0 Å². The summed E-state index contributed by atoms with van der Waals surface area (Å²) in [5.41, 5.74) is 0. The number of unbranched alkanes of at least 4 members (excludes halogenated alkanes) is 28. The van der Waals surface area contributed by atoms with Crippen LogP contribution in [0.1, 0.15) is 233 Å². The molecule has 7 heteroatoms. The molecule has 0 heterocycles. The molecule has 0 saturated heterocycles. The highest BCUT2D eigenvalue weighted by Crippen LogP contribution is 2.15. The quantitative estimate of drug-likeness (QED) is 0.0276. The molecule has 0 aliphatic heterocycles. The van der Waals surface area contributed by atoms with E-state index in [2.05, 4.69) is 55.9 Å². The van der Waals surface area contributed by atoms with Crippen molar-refractivity contribution in [3.05, 3.63) is 0 Å². The molecular formula is C44H96N2O4S. The zero-order valence-corrected chi connectivity index (χ0v) is 37.2. The summed E-state index contributed by atoms with van der Waals surface area (Å²) in [7, 11) is 4.57. The highest BCUT2D eigenvalue weighted by molar-refractivity contribution is 7.79. The summed E-state index contributed by atoms with van der Waals surface area (Å²) in [6.07, 6.45) is 46.1. The van der Waals surface area contributed by atoms with Crippen molar-refractivity contribution in [1.82, 2.24) is 0 Å². The van der Waals surface area contributed by atoms with Crippen LogP contribution in [0.25, 0.3) is 0 Å². The van der Waals surface area contributed by atoms with E-state index in [0.29, 0.717) is 0 Å². The molecule has 0 spiro atoms. The van der Waals surface area contributed by atoms with Crippen molar-refractivity contribution in [3.63, 3.8) is 0 Å². The van der Waals surface area contributed by atoms with Gasteiger partial charge in [0.2, 0.25) is 0 Å². The fraction of sp³-hybridized carbons (Fsp3) is 1.00. The Labute approximate surface area is 323 Å². The van der Waals surface area contributed by atoms with E-state index >= 15 is 0 Å². The molecule has 0 N–H and O–H groups in total. The van der Waals surface area contributed by atoms with Gasteiger partial charge in [-0.2, -0.15) is 0 Å². The first-order valence-electron chi connectivity index (χ1n) is 22.5. The van der Waals surface area contributed by atoms with Crippen LogP contribution in [0.2, 0.25) is 0 Å². The van der Waals surface area contributed by atoms with Gasteiger partial charge >= 0.3 is 0 Å². The Morgan fingerprint density at radius 3 is 0.549 bits per heavy atom. The standard InChI is InChI=1S/2C22H48N.H2O4S/c2*1-5-7-9-11-13-15-17-19-21-23(3,4)22-20-18-16-14-12-10-8-6-2;1-5(2,3)4/h2*5-22H2,1-4H3;(H2,1,2,3,4)/q2*+1;/p-2. The topological polar surface area (TPSA) is 80.3 Å². The van der Waals surface area contributed by atoms with Crippen LogP contribution in [0, 0.1) is 0 Å². The molecule has 0 bridgehead atoms. The normalized spacial score (nSPS) is 12.0. The van der Waals surface area contributed by atoms with E-state index in [1.54, 1.807) is 0 Å². The van der Waals surface area contributed by atoms with Crippen LogP contribution in [0.15, 0.2) is 0 Å². The summed E-state index contributed by atoms with van der Waals surface area (Å²) in [5, 5.41) is 0. The molecule has 0 aromatic heterocycles. The molecule has 0 aromatic carbocycles. The molecule has 0 aliphatic carbocycles. The molecule has 312 valence electrons. The van der Waals surface area contributed by atoms with Crippen LogP contribution in [-0.2, 0) is 10.4 Å². The van der Waals surface area contributed by atoms with Crippen LogP contribution in [0.5, 0.6) is 0 Å². The second-order valence-corrected chi connectivity index (χ2v) is 17.9. The maximum atomic E-state index is 8.52. The van der Waals surface area contributed by atoms with Gasteiger partial charge < -0.3 is 18.1 Å². The molecule has 0 aromatic rings. The van der Waals surface area contributed by atoms with E-state index in [4.69, 9.17) is 17.5 Å². The van der Waals surface area contributed by atoms with Crippen LogP contribution < -0.4 is 0 Å². The molecule has 0 aliphatic rings. The van der Waals surface area contributed by atoms with Crippen LogP contribution in [0.3, 0.4) is 0 Å². The van der Waals surface area contributed by atoms with Gasteiger partial charge in [-0.3, -0.25) is 8.42 Å². The van der Waals surface area contributed by atoms with Gasteiger partial charge in [0.05, 0.1) is 54.4 Å². The average molecular weight is 749 g/mol. The lowest BCUT2D eigenvalue weighted by Gasteiger charge is -2.30. The number of rotatable bonds is 36. The Hall–Kier alpha value is -0.210. The van der Waals surface area contributed by atoms with Gasteiger partial charge in [-0.25, -0.2) is 0 Å². The predicted octanol–water partition coefficient (Wildman–Crippen LogP) is 13.4. The zero-order chi connectivity index (χ0) is 39.0. The Morgan fingerprint density at radius 2 is 0.412 bits per heavy atom. The summed E-state index contributed by atoms with van der Waals surface area (Å²) in [6.45, 7) is 14.7. The molecule has 0 amide bonds. The zero-order valence-electron chi connectivity index (χ0n) is 36.4. The maximum absolute atomic E-state index is 8.52. The van der Waals surface area contributed by atoms with Crippen molar-refractivity contribution in [1.29, 1.82) is 0 Å². The van der Waals surface area contributed by atoms with E-state index in [1.807, 2.05) is 0 Å². The largest absolute Gasteiger partial charge is 0.759 e. The third-order valence-corrected chi connectivity index (χ3v) is 10.5. The minimum Gasteiger partial charge on any atom is -0.759 e. The fourth-order valence-corrected chi connectivity index (χ4v) is 6.92. The van der Waals surface area contributed by atoms with Gasteiger partial charge in [0.25, 0.3) is 0 Å². The van der Waals surface area contributed by atoms with E-state index in [9.17, 15) is 0 Å². The lowest BCUT2D eigenvalue weighted by molar-refractivity contribution is -0.890. The molecule has 6 nitrogen and oxygen atoms in total. The van der Waals surface area contributed by atoms with Gasteiger partial charge in [0, 0.05) is 10.4 Å². The average Bonchev–Trinajstić information content (AvgIpc) is 3.05. The van der Waals surface area contributed by atoms with Gasteiger partial charge in [-0.15, -0.1) is 0 Å². The second kappa shape index (κ2) is 41.0. The van der Waals surface area contributed by atoms with Crippen LogP contribution in [-0.4, -0.2) is 80.9 Å². The fourth-order valence-electron chi connectivity index (χ4n) is 6.92. The molecule has 0 fully saturated rings. The first kappa shape index (κ1) is 55.1. The monoisotopic (exact) mass is 749 g/mol. The summed E-state index contributed by atoms with van der Waals surface area (Å²) in [5.74, 6) is 0. The summed E-state index contributed by atoms with van der Waals surface area (Å²) >= 11 is 0. The number of nitrogens with zero attached hydrogens (tertiary/aromatic N) is 2. The van der Waals surface area contributed by atoms with Crippen molar-refractivity contribution >= 4 is 10.4 Å². The van der Waals surface area contributed by atoms with Gasteiger partial charge in [0.1, 0.15) is 0 Å². The van der Waals surface area contributed by atoms with Crippen molar-refractivity contribution in [3.8, 4) is 0 Å². The smallest absolute Gasteiger partial charge is 0.0782 e. The van der Waals surface area contributed by atoms with E-state index in [1.165, 1.54) is 241 Å². The third kappa shape index (κ3) is 59.3. The maximum Gasteiger partial charge on any atom is 0.0782 e. The summed E-state index contributed by atoms with van der Waals surface area (Å²) in [6, 6.07) is 0. The molecule has 0 unspecified atom stereocenters. The first-order chi connectivity index (χ1) is 24.2. The highest BCUT2D eigenvalue weighted by Gasteiger charge is 2.14. The van der Waals surface area contributed by atoms with Crippen molar-refractivity contribution < 1.29 is 26.5 Å². The lowest BCUT2D eigenvalue weighted by Crippen LogP contribution is -2.41. The minimum atomic E-state index is -5.17. The number of quaternary nitrogens is 2. The molecule has 0 atom stereocenters. The van der Waals surface area contributed by atoms with Gasteiger partial charge in [0.15, 0.2) is 0 Å². The molecule has 0 saturated carbocycles. The first-order valence-corrected chi connectivity index (χ1v) is 23.9. The highest BCUT2D eigenvalue weighted by atomic mass is 32.3. The number of hydrogen-bond acceptors (Lipinski definition) is 4. The SMILES string of the molecule is CCCCCCCCCC[N+](C)(C)CCCCCCCCCC.CCCCCCCCCC[N+](C)(C)CCCCCCCCCC.O=S(=O)([O-])[O-]. The van der Waals surface area contributed by atoms with Crippen LogP contribution >= 0.6 is 0 Å². The van der Waals surface area contributed by atoms with E-state index in [-0.39, 0.29) is 0 Å².